The van der Waals surface area contributed by atoms with Crippen molar-refractivity contribution in [3.8, 4) is 11.5 Å². The number of rotatable bonds is 7. The van der Waals surface area contributed by atoms with E-state index in [4.69, 9.17) is 13.9 Å². The molecule has 1 saturated heterocycles. The predicted molar refractivity (Wildman–Crippen MR) is 125 cm³/mol. The van der Waals surface area contributed by atoms with E-state index in [2.05, 4.69) is 32.4 Å². The molecule has 9 heteroatoms. The molecule has 0 bridgehead atoms. The minimum atomic E-state index is 0.0375. The Bertz CT molecular complexity index is 1210. The maximum absolute atomic E-state index is 11.0. The predicted octanol–water partition coefficient (Wildman–Crippen LogP) is 4.12. The van der Waals surface area contributed by atoms with Crippen LogP contribution >= 0.6 is 0 Å². The second kappa shape index (κ2) is 9.30. The number of nitrogens with one attached hydrogen (secondary N) is 1. The molecule has 2 aliphatic rings. The number of fused-ring (bicyclic) bond motifs is 2. The number of aromatic hydroxyl groups is 1. The fourth-order valence-electron chi connectivity index (χ4n) is 4.34. The summed E-state index contributed by atoms with van der Waals surface area (Å²) in [6, 6.07) is 7.49. The van der Waals surface area contributed by atoms with E-state index >= 15 is 0 Å². The Hall–Kier alpha value is -3.27. The van der Waals surface area contributed by atoms with Gasteiger partial charge in [0.25, 0.3) is 0 Å². The largest absolute Gasteiger partial charge is 0.504 e. The summed E-state index contributed by atoms with van der Waals surface area (Å²) in [5, 5.41) is 23.3. The van der Waals surface area contributed by atoms with Crippen molar-refractivity contribution in [3.05, 3.63) is 47.3 Å². The number of piperazine rings is 1. The number of ether oxygens (including phenoxy) is 2. The van der Waals surface area contributed by atoms with Crippen molar-refractivity contribution in [3.63, 3.8) is 0 Å². The van der Waals surface area contributed by atoms with Crippen molar-refractivity contribution in [2.45, 2.75) is 13.0 Å². The summed E-state index contributed by atoms with van der Waals surface area (Å²) in [6.45, 7) is 6.76. The number of benzene rings is 1. The highest BCUT2D eigenvalue weighted by molar-refractivity contribution is 5.95. The van der Waals surface area contributed by atoms with Crippen LogP contribution in [0.2, 0.25) is 0 Å². The van der Waals surface area contributed by atoms with Gasteiger partial charge in [-0.05, 0) is 31.2 Å². The average molecular weight is 450 g/mol. The van der Waals surface area contributed by atoms with Gasteiger partial charge in [0.15, 0.2) is 17.3 Å². The number of pyridine rings is 1. The number of azo groups is 1. The Morgan fingerprint density at radius 2 is 2.06 bits per heavy atom. The normalized spacial score (nSPS) is 18.2. The molecule has 4 heterocycles. The molecule has 3 aromatic rings. The van der Waals surface area contributed by atoms with Gasteiger partial charge in [0.2, 0.25) is 0 Å². The zero-order valence-electron chi connectivity index (χ0n) is 18.7. The molecule has 9 nitrogen and oxygen atoms in total. The van der Waals surface area contributed by atoms with Crippen molar-refractivity contribution in [2.75, 3.05) is 46.5 Å². The zero-order valence-corrected chi connectivity index (χ0v) is 18.7. The summed E-state index contributed by atoms with van der Waals surface area (Å²) in [7, 11) is 1.65. The van der Waals surface area contributed by atoms with Gasteiger partial charge in [-0.3, -0.25) is 4.90 Å². The van der Waals surface area contributed by atoms with Crippen molar-refractivity contribution < 1.29 is 19.0 Å². The van der Waals surface area contributed by atoms with Crippen LogP contribution in [0.4, 0.5) is 5.82 Å². The van der Waals surface area contributed by atoms with Crippen LogP contribution in [-0.2, 0) is 4.74 Å². The number of hydrogen-bond donors (Lipinski definition) is 2. The van der Waals surface area contributed by atoms with Gasteiger partial charge >= 0.3 is 0 Å². The molecule has 172 valence electrons. The molecule has 0 radical (unpaired) electrons. The lowest BCUT2D eigenvalue weighted by molar-refractivity contribution is 0.142. The second-order valence-corrected chi connectivity index (χ2v) is 8.08. The maximum Gasteiger partial charge on any atom is 0.183 e. The second-order valence-electron chi connectivity index (χ2n) is 8.08. The first-order chi connectivity index (χ1) is 16.2. The van der Waals surface area contributed by atoms with Gasteiger partial charge in [-0.15, -0.1) is 10.2 Å². The molecular formula is C24H27N5O4. The molecule has 0 saturated carbocycles. The fraction of sp³-hybridized carbons (Fsp3) is 0.375. The summed E-state index contributed by atoms with van der Waals surface area (Å²) in [5.41, 5.74) is 2.93. The van der Waals surface area contributed by atoms with E-state index in [1.807, 2.05) is 24.3 Å². The third-order valence-electron chi connectivity index (χ3n) is 6.10. The van der Waals surface area contributed by atoms with Gasteiger partial charge < -0.3 is 24.3 Å². The number of methoxy groups -OCH3 is 1. The zero-order chi connectivity index (χ0) is 22.8. The molecular weight excluding hydrogens is 422 g/mol. The van der Waals surface area contributed by atoms with Crippen LogP contribution in [0.5, 0.6) is 11.5 Å². The van der Waals surface area contributed by atoms with Crippen molar-refractivity contribution in [1.29, 1.82) is 0 Å². The summed E-state index contributed by atoms with van der Waals surface area (Å²) in [6.07, 6.45) is 3.38. The van der Waals surface area contributed by atoms with E-state index < -0.39 is 0 Å². The Kier molecular flexibility index (Phi) is 6.08. The highest BCUT2D eigenvalue weighted by atomic mass is 16.5. The van der Waals surface area contributed by atoms with Crippen LogP contribution in [0.15, 0.2) is 45.1 Å². The summed E-state index contributed by atoms with van der Waals surface area (Å²) in [5.74, 6) is 1.69. The first kappa shape index (κ1) is 21.6. The lowest BCUT2D eigenvalue weighted by Gasteiger charge is -2.33. The smallest absolute Gasteiger partial charge is 0.183 e. The van der Waals surface area contributed by atoms with Crippen LogP contribution in [0.25, 0.3) is 22.7 Å². The number of aromatic nitrogens is 1. The summed E-state index contributed by atoms with van der Waals surface area (Å²) < 4.78 is 17.5. The van der Waals surface area contributed by atoms with Crippen LogP contribution in [-0.4, -0.2) is 61.5 Å². The van der Waals surface area contributed by atoms with Crippen molar-refractivity contribution in [2.24, 2.45) is 10.2 Å². The van der Waals surface area contributed by atoms with Gasteiger partial charge in [-0.25, -0.2) is 4.98 Å². The molecule has 1 aromatic carbocycles. The van der Waals surface area contributed by atoms with Gasteiger partial charge in [0.05, 0.1) is 17.6 Å². The SMILES string of the molecule is COCCOc1ccc2c(O)c(C=C3N=Nc4ncccc43)oc2c1C(C)N1CCNCC1. The molecule has 1 atom stereocenters. The van der Waals surface area contributed by atoms with E-state index in [1.165, 1.54) is 0 Å². The van der Waals surface area contributed by atoms with E-state index in [-0.39, 0.29) is 11.8 Å². The van der Waals surface area contributed by atoms with Gasteiger partial charge in [0, 0.05) is 57.2 Å². The van der Waals surface area contributed by atoms with Gasteiger partial charge in [0.1, 0.15) is 23.6 Å². The first-order valence-corrected chi connectivity index (χ1v) is 11.1. The number of nitrogens with zero attached hydrogens (tertiary/aromatic N) is 4. The standard InChI is InChI=1S/C24H27N5O4/c1-15(29-10-8-25-9-11-29)21-19(32-13-12-31-2)6-5-17-22(30)20(33-23(17)21)14-18-16-4-3-7-26-24(16)28-27-18/h3-7,14-15,25,30H,8-13H2,1-2H3. The van der Waals surface area contributed by atoms with E-state index in [0.29, 0.717) is 41.5 Å². The Labute approximate surface area is 191 Å². The minimum Gasteiger partial charge on any atom is -0.504 e. The fourth-order valence-corrected chi connectivity index (χ4v) is 4.34. The van der Waals surface area contributed by atoms with Crippen LogP contribution in [0, 0.1) is 0 Å². The minimum absolute atomic E-state index is 0.0375. The highest BCUT2D eigenvalue weighted by Gasteiger charge is 2.27. The monoisotopic (exact) mass is 449 g/mol. The molecule has 2 N–H and O–H groups in total. The van der Waals surface area contributed by atoms with Gasteiger partial charge in [-0.2, -0.15) is 0 Å². The van der Waals surface area contributed by atoms with E-state index in [0.717, 1.165) is 43.1 Å². The van der Waals surface area contributed by atoms with Gasteiger partial charge in [-0.1, -0.05) is 0 Å². The first-order valence-electron chi connectivity index (χ1n) is 11.1. The molecule has 0 amide bonds. The quantitative estimate of drug-likeness (QED) is 0.523. The average Bonchev–Trinajstić information content (AvgIpc) is 3.40. The van der Waals surface area contributed by atoms with Crippen molar-refractivity contribution in [1.82, 2.24) is 15.2 Å². The third kappa shape index (κ3) is 4.10. The molecule has 2 aromatic heterocycles. The molecule has 33 heavy (non-hydrogen) atoms. The molecule has 1 fully saturated rings. The van der Waals surface area contributed by atoms with Crippen LogP contribution in [0.1, 0.15) is 29.9 Å². The topological polar surface area (TPSA) is 105 Å². The summed E-state index contributed by atoms with van der Waals surface area (Å²) >= 11 is 0. The Morgan fingerprint density at radius 1 is 1.21 bits per heavy atom. The van der Waals surface area contributed by atoms with Crippen LogP contribution in [0.3, 0.4) is 0 Å². The number of furan rings is 1. The lowest BCUT2D eigenvalue weighted by Crippen LogP contribution is -2.44. The Morgan fingerprint density at radius 3 is 2.88 bits per heavy atom. The molecule has 0 spiro atoms. The molecule has 2 aliphatic heterocycles. The molecule has 5 rings (SSSR count). The molecule has 1 unspecified atom stereocenters. The van der Waals surface area contributed by atoms with Crippen molar-refractivity contribution >= 4 is 28.6 Å². The van der Waals surface area contributed by atoms with E-state index in [1.54, 1.807) is 19.4 Å². The maximum atomic E-state index is 11.0. The highest BCUT2D eigenvalue weighted by Crippen LogP contribution is 2.44. The third-order valence-corrected chi connectivity index (χ3v) is 6.10. The van der Waals surface area contributed by atoms with E-state index in [9.17, 15) is 5.11 Å². The molecule has 0 aliphatic carbocycles. The van der Waals surface area contributed by atoms with Crippen LogP contribution < -0.4 is 10.1 Å². The Balaban J connectivity index is 1.59. The number of hydrogen-bond acceptors (Lipinski definition) is 9. The summed E-state index contributed by atoms with van der Waals surface area (Å²) in [4.78, 5) is 6.61. The lowest BCUT2D eigenvalue weighted by atomic mass is 10.0.